The van der Waals surface area contributed by atoms with E-state index < -0.39 is 0 Å². The molecule has 1 aliphatic carbocycles. The van der Waals surface area contributed by atoms with Gasteiger partial charge in [0.2, 0.25) is 0 Å². The Kier molecular flexibility index (Phi) is 5.01. The maximum atomic E-state index is 12.0. The first-order chi connectivity index (χ1) is 11.1. The third kappa shape index (κ3) is 4.14. The van der Waals surface area contributed by atoms with E-state index in [9.17, 15) is 4.79 Å². The van der Waals surface area contributed by atoms with Gasteiger partial charge in [-0.25, -0.2) is 0 Å². The van der Waals surface area contributed by atoms with Gasteiger partial charge in [0.15, 0.2) is 6.61 Å². The van der Waals surface area contributed by atoms with E-state index in [-0.39, 0.29) is 12.5 Å². The highest BCUT2D eigenvalue weighted by Crippen LogP contribution is 2.25. The summed E-state index contributed by atoms with van der Waals surface area (Å²) < 4.78 is 6.67. The van der Waals surface area contributed by atoms with Crippen molar-refractivity contribution in [3.8, 4) is 5.75 Å². The molecule has 4 heteroatoms. The number of nitrogens with one attached hydrogen (secondary N) is 1. The Balaban J connectivity index is 1.57. The van der Waals surface area contributed by atoms with Gasteiger partial charge >= 0.3 is 0 Å². The molecule has 0 fully saturated rings. The molecule has 0 saturated carbocycles. The second kappa shape index (κ2) is 7.18. The van der Waals surface area contributed by atoms with E-state index in [2.05, 4.69) is 33.4 Å². The van der Waals surface area contributed by atoms with Crippen molar-refractivity contribution in [2.75, 3.05) is 11.9 Å². The number of carbonyl (C=O) groups excluding carboxylic acids is 1. The number of amides is 1. The molecule has 23 heavy (non-hydrogen) atoms. The Morgan fingerprint density at radius 3 is 2.70 bits per heavy atom. The minimum Gasteiger partial charge on any atom is -0.484 e. The maximum Gasteiger partial charge on any atom is 0.262 e. The molecule has 0 spiro atoms. The Bertz CT molecular complexity index is 727. The lowest BCUT2D eigenvalue weighted by molar-refractivity contribution is -0.118. The van der Waals surface area contributed by atoms with E-state index in [4.69, 9.17) is 4.74 Å². The van der Waals surface area contributed by atoms with Crippen LogP contribution in [0.25, 0.3) is 0 Å². The Morgan fingerprint density at radius 2 is 1.91 bits per heavy atom. The van der Waals surface area contributed by atoms with Crippen molar-refractivity contribution in [3.05, 3.63) is 57.6 Å². The molecule has 2 aromatic rings. The van der Waals surface area contributed by atoms with Crippen molar-refractivity contribution in [3.63, 3.8) is 0 Å². The van der Waals surface area contributed by atoms with Gasteiger partial charge in [-0.2, -0.15) is 0 Å². The van der Waals surface area contributed by atoms with Crippen molar-refractivity contribution in [1.82, 2.24) is 0 Å². The second-order valence-electron chi connectivity index (χ2n) is 5.94. The van der Waals surface area contributed by atoms with Gasteiger partial charge in [0.25, 0.3) is 5.91 Å². The molecular formula is C19H20BrNO2. The number of ether oxygens (including phenoxy) is 1. The van der Waals surface area contributed by atoms with Crippen LogP contribution in [0.5, 0.6) is 5.75 Å². The van der Waals surface area contributed by atoms with E-state index in [1.807, 2.05) is 31.2 Å². The van der Waals surface area contributed by atoms with Crippen LogP contribution in [0.15, 0.2) is 40.9 Å². The largest absolute Gasteiger partial charge is 0.484 e. The molecule has 0 bridgehead atoms. The smallest absolute Gasteiger partial charge is 0.262 e. The Morgan fingerprint density at radius 1 is 1.13 bits per heavy atom. The zero-order chi connectivity index (χ0) is 16.2. The van der Waals surface area contributed by atoms with E-state index in [1.165, 1.54) is 24.0 Å². The molecule has 0 aromatic heterocycles. The van der Waals surface area contributed by atoms with Gasteiger partial charge in [0.1, 0.15) is 5.75 Å². The van der Waals surface area contributed by atoms with Gasteiger partial charge in [-0.05, 0) is 79.6 Å². The summed E-state index contributed by atoms with van der Waals surface area (Å²) in [5.74, 6) is 0.622. The minimum atomic E-state index is -0.149. The van der Waals surface area contributed by atoms with Crippen molar-refractivity contribution >= 4 is 27.5 Å². The molecule has 0 atom stereocenters. The summed E-state index contributed by atoms with van der Waals surface area (Å²) in [6.45, 7) is 2.01. The highest BCUT2D eigenvalue weighted by molar-refractivity contribution is 9.10. The van der Waals surface area contributed by atoms with Gasteiger partial charge in [0.05, 0.1) is 0 Å². The SMILES string of the molecule is Cc1cc(NC(=O)COc2ccc3c(c2)CCCC3)ccc1Br. The lowest BCUT2D eigenvalue weighted by Crippen LogP contribution is -2.20. The van der Waals surface area contributed by atoms with Crippen LogP contribution in [0.3, 0.4) is 0 Å². The number of anilines is 1. The highest BCUT2D eigenvalue weighted by atomic mass is 79.9. The number of hydrogen-bond acceptors (Lipinski definition) is 2. The zero-order valence-electron chi connectivity index (χ0n) is 13.2. The fourth-order valence-corrected chi connectivity index (χ4v) is 3.11. The first kappa shape index (κ1) is 16.1. The van der Waals surface area contributed by atoms with Crippen LogP contribution in [-0.2, 0) is 17.6 Å². The monoisotopic (exact) mass is 373 g/mol. The van der Waals surface area contributed by atoms with Gasteiger partial charge in [-0.15, -0.1) is 0 Å². The highest BCUT2D eigenvalue weighted by Gasteiger charge is 2.11. The fourth-order valence-electron chi connectivity index (χ4n) is 2.87. The van der Waals surface area contributed by atoms with Gasteiger partial charge in [0, 0.05) is 10.2 Å². The molecule has 3 rings (SSSR count). The number of rotatable bonds is 4. The third-order valence-corrected chi connectivity index (χ3v) is 5.02. The predicted molar refractivity (Wildman–Crippen MR) is 96.1 cm³/mol. The molecule has 0 heterocycles. The standard InChI is InChI=1S/C19H20BrNO2/c1-13-10-16(7-9-18(13)20)21-19(22)12-23-17-8-6-14-4-2-3-5-15(14)11-17/h6-11H,2-5,12H2,1H3,(H,21,22). The summed E-state index contributed by atoms with van der Waals surface area (Å²) in [5.41, 5.74) is 4.64. The summed E-state index contributed by atoms with van der Waals surface area (Å²) in [4.78, 5) is 12.0. The van der Waals surface area contributed by atoms with E-state index in [0.29, 0.717) is 0 Å². The predicted octanol–water partition coefficient (Wildman–Crippen LogP) is 4.65. The van der Waals surface area contributed by atoms with E-state index in [1.54, 1.807) is 0 Å². The number of fused-ring (bicyclic) bond motifs is 1. The Labute approximate surface area is 145 Å². The van der Waals surface area contributed by atoms with Crippen LogP contribution in [-0.4, -0.2) is 12.5 Å². The molecule has 3 nitrogen and oxygen atoms in total. The molecular weight excluding hydrogens is 354 g/mol. The summed E-state index contributed by atoms with van der Waals surface area (Å²) >= 11 is 3.45. The van der Waals surface area contributed by atoms with Crippen molar-refractivity contribution in [2.45, 2.75) is 32.6 Å². The van der Waals surface area contributed by atoms with Crippen LogP contribution in [0.4, 0.5) is 5.69 Å². The van der Waals surface area contributed by atoms with E-state index >= 15 is 0 Å². The molecule has 2 aromatic carbocycles. The van der Waals surface area contributed by atoms with Gasteiger partial charge in [-0.1, -0.05) is 22.0 Å². The number of aryl methyl sites for hydroxylation is 3. The van der Waals surface area contributed by atoms with Crippen molar-refractivity contribution < 1.29 is 9.53 Å². The van der Waals surface area contributed by atoms with Crippen LogP contribution >= 0.6 is 15.9 Å². The lowest BCUT2D eigenvalue weighted by Gasteiger charge is -2.16. The topological polar surface area (TPSA) is 38.3 Å². The molecule has 1 aliphatic rings. The Hall–Kier alpha value is -1.81. The molecule has 120 valence electrons. The fraction of sp³-hybridized carbons (Fsp3) is 0.316. The third-order valence-electron chi connectivity index (χ3n) is 4.13. The summed E-state index contributed by atoms with van der Waals surface area (Å²) in [5, 5.41) is 2.86. The number of carbonyl (C=O) groups is 1. The molecule has 0 unspecified atom stereocenters. The molecule has 1 amide bonds. The van der Waals surface area contributed by atoms with Crippen LogP contribution in [0.2, 0.25) is 0 Å². The molecule has 0 radical (unpaired) electrons. The first-order valence-electron chi connectivity index (χ1n) is 7.92. The summed E-state index contributed by atoms with van der Waals surface area (Å²) in [7, 11) is 0. The minimum absolute atomic E-state index is 0.0217. The zero-order valence-corrected chi connectivity index (χ0v) is 14.8. The average Bonchev–Trinajstić information content (AvgIpc) is 2.56. The molecule has 0 saturated heterocycles. The van der Waals surface area contributed by atoms with Gasteiger partial charge < -0.3 is 10.1 Å². The summed E-state index contributed by atoms with van der Waals surface area (Å²) in [6.07, 6.45) is 4.76. The molecule has 0 aliphatic heterocycles. The van der Waals surface area contributed by atoms with Crippen molar-refractivity contribution in [2.24, 2.45) is 0 Å². The summed E-state index contributed by atoms with van der Waals surface area (Å²) in [6, 6.07) is 11.9. The van der Waals surface area contributed by atoms with Crippen molar-refractivity contribution in [1.29, 1.82) is 0 Å². The van der Waals surface area contributed by atoms with Crippen LogP contribution < -0.4 is 10.1 Å². The molecule has 1 N–H and O–H groups in total. The first-order valence-corrected chi connectivity index (χ1v) is 8.72. The quantitative estimate of drug-likeness (QED) is 0.846. The van der Waals surface area contributed by atoms with Crippen LogP contribution in [0, 0.1) is 6.92 Å². The maximum absolute atomic E-state index is 12.0. The average molecular weight is 374 g/mol. The van der Waals surface area contributed by atoms with E-state index in [0.717, 1.165) is 34.3 Å². The number of benzene rings is 2. The second-order valence-corrected chi connectivity index (χ2v) is 6.79. The van der Waals surface area contributed by atoms with Gasteiger partial charge in [-0.3, -0.25) is 4.79 Å². The normalized spacial score (nSPS) is 13.3. The number of hydrogen-bond donors (Lipinski definition) is 1. The van der Waals surface area contributed by atoms with Crippen LogP contribution in [0.1, 0.15) is 29.5 Å². The lowest BCUT2D eigenvalue weighted by atomic mass is 9.92. The number of halogens is 1.